The van der Waals surface area contributed by atoms with E-state index in [2.05, 4.69) is 10.2 Å². The smallest absolute Gasteiger partial charge is 0.234 e. The molecule has 2 aliphatic heterocycles. The molecule has 2 amide bonds. The number of anilines is 1. The van der Waals surface area contributed by atoms with Crippen LogP contribution >= 0.6 is 0 Å². The van der Waals surface area contributed by atoms with Gasteiger partial charge in [0.25, 0.3) is 0 Å². The van der Waals surface area contributed by atoms with Crippen LogP contribution in [0.2, 0.25) is 0 Å². The van der Waals surface area contributed by atoms with E-state index in [1.165, 1.54) is 0 Å². The van der Waals surface area contributed by atoms with Gasteiger partial charge in [0.1, 0.15) is 6.29 Å². The van der Waals surface area contributed by atoms with E-state index in [0.717, 1.165) is 43.5 Å². The summed E-state index contributed by atoms with van der Waals surface area (Å²) in [6, 6.07) is 5.86. The molecule has 1 atom stereocenters. The molecule has 3 rings (SSSR count). The van der Waals surface area contributed by atoms with Crippen molar-refractivity contribution >= 4 is 23.8 Å². The zero-order valence-electron chi connectivity index (χ0n) is 13.4. The van der Waals surface area contributed by atoms with Gasteiger partial charge in [0.2, 0.25) is 11.8 Å². The Morgan fingerprint density at radius 2 is 1.95 bits per heavy atom. The highest BCUT2D eigenvalue weighted by atomic mass is 16.2. The van der Waals surface area contributed by atoms with Gasteiger partial charge in [-0.15, -0.1) is 0 Å². The Bertz CT molecular complexity index is 639. The first-order valence-electron chi connectivity index (χ1n) is 8.23. The van der Waals surface area contributed by atoms with E-state index < -0.39 is 0 Å². The normalized spacial score (nSPS) is 23.9. The van der Waals surface area contributed by atoms with Gasteiger partial charge in [-0.2, -0.15) is 0 Å². The number of benzene rings is 1. The third-order valence-electron chi connectivity index (χ3n) is 4.53. The second-order valence-electron chi connectivity index (χ2n) is 5.97. The van der Waals surface area contributed by atoms with Crippen LogP contribution in [0, 0.1) is 5.92 Å². The van der Waals surface area contributed by atoms with Crippen LogP contribution in [-0.4, -0.2) is 31.2 Å². The highest BCUT2D eigenvalue weighted by Crippen LogP contribution is 2.28. The second-order valence-corrected chi connectivity index (χ2v) is 5.97. The number of imide groups is 1. The molecule has 0 bridgehead atoms. The predicted octanol–water partition coefficient (Wildman–Crippen LogP) is 1.62. The van der Waals surface area contributed by atoms with Gasteiger partial charge in [-0.25, -0.2) is 0 Å². The lowest BCUT2D eigenvalue weighted by molar-refractivity contribution is -0.134. The molecule has 22 heavy (non-hydrogen) atoms. The van der Waals surface area contributed by atoms with Crippen LogP contribution in [0.3, 0.4) is 0 Å². The summed E-state index contributed by atoms with van der Waals surface area (Å²) in [7, 11) is 0. The summed E-state index contributed by atoms with van der Waals surface area (Å²) in [6.45, 7) is 1.54. The maximum atomic E-state index is 11.9. The summed E-state index contributed by atoms with van der Waals surface area (Å²) < 4.78 is 8.26. The molecule has 116 valence electrons. The van der Waals surface area contributed by atoms with Crippen molar-refractivity contribution in [2.75, 3.05) is 18.0 Å². The summed E-state index contributed by atoms with van der Waals surface area (Å²) in [5, 5.41) is 2.35. The zero-order chi connectivity index (χ0) is 16.4. The number of carbonyl (C=O) groups excluding carboxylic acids is 3. The fraction of sp³-hybridized carbons (Fsp3) is 0.471. The number of piperidine rings is 2. The number of nitrogens with one attached hydrogen (secondary N) is 1. The van der Waals surface area contributed by atoms with E-state index in [1.54, 1.807) is 6.07 Å². The van der Waals surface area contributed by atoms with E-state index in [-0.39, 0.29) is 23.7 Å². The van der Waals surface area contributed by atoms with Crippen LogP contribution < -0.4 is 10.2 Å². The number of nitrogens with zero attached hydrogens (tertiary/aromatic N) is 1. The van der Waals surface area contributed by atoms with Crippen LogP contribution in [0.15, 0.2) is 24.2 Å². The first-order valence-corrected chi connectivity index (χ1v) is 7.73. The predicted molar refractivity (Wildman–Crippen MR) is 82.6 cm³/mol. The van der Waals surface area contributed by atoms with Crippen molar-refractivity contribution < 1.29 is 15.8 Å². The lowest BCUT2D eigenvalue weighted by Gasteiger charge is -2.32. The number of aldehydes is 1. The minimum atomic E-state index is -0.355. The SMILES string of the molecule is [2H]c1cc(C2CCC(=O)NC2=O)ccc1N1CCC(C=O)CC1. The Labute approximate surface area is 131 Å². The number of rotatable bonds is 3. The van der Waals surface area contributed by atoms with E-state index >= 15 is 0 Å². The van der Waals surface area contributed by atoms with Crippen LogP contribution in [0.1, 0.15) is 38.5 Å². The standard InChI is InChI=1S/C17H20N2O3/c20-11-12-7-9-19(10-8-12)14-3-1-13(2-4-14)15-5-6-16(21)18-17(15)22/h1-4,11-12,15H,5-10H2,(H,18,21,22)/i3D. The monoisotopic (exact) mass is 301 g/mol. The lowest BCUT2D eigenvalue weighted by Crippen LogP contribution is -2.39. The Morgan fingerprint density at radius 1 is 1.18 bits per heavy atom. The lowest BCUT2D eigenvalue weighted by atomic mass is 9.90. The highest BCUT2D eigenvalue weighted by Gasteiger charge is 2.28. The van der Waals surface area contributed by atoms with Crippen molar-refractivity contribution in [3.05, 3.63) is 29.8 Å². The molecule has 1 aromatic rings. The molecular formula is C17H20N2O3. The van der Waals surface area contributed by atoms with Crippen LogP contribution in [-0.2, 0) is 14.4 Å². The van der Waals surface area contributed by atoms with Gasteiger partial charge in [0.05, 0.1) is 7.29 Å². The summed E-state index contributed by atoms with van der Waals surface area (Å²) in [5.41, 5.74) is 1.62. The van der Waals surface area contributed by atoms with Crippen LogP contribution in [0.4, 0.5) is 5.69 Å². The number of amides is 2. The molecule has 2 saturated heterocycles. The quantitative estimate of drug-likeness (QED) is 0.680. The zero-order valence-corrected chi connectivity index (χ0v) is 12.4. The minimum Gasteiger partial charge on any atom is -0.371 e. The first-order chi connectivity index (χ1) is 11.1. The summed E-state index contributed by atoms with van der Waals surface area (Å²) >= 11 is 0. The van der Waals surface area contributed by atoms with Crippen molar-refractivity contribution in [1.82, 2.24) is 5.32 Å². The van der Waals surface area contributed by atoms with Crippen molar-refractivity contribution in [3.8, 4) is 0 Å². The van der Waals surface area contributed by atoms with Gasteiger partial charge < -0.3 is 9.69 Å². The molecule has 0 radical (unpaired) electrons. The largest absolute Gasteiger partial charge is 0.371 e. The average Bonchev–Trinajstić information content (AvgIpc) is 2.55. The van der Waals surface area contributed by atoms with Gasteiger partial charge in [-0.3, -0.25) is 14.9 Å². The fourth-order valence-corrected chi connectivity index (χ4v) is 3.13. The highest BCUT2D eigenvalue weighted by molar-refractivity contribution is 6.00. The molecular weight excluding hydrogens is 280 g/mol. The maximum absolute atomic E-state index is 11.9. The number of carbonyl (C=O) groups is 3. The van der Waals surface area contributed by atoms with Gasteiger partial charge >= 0.3 is 0 Å². The molecule has 0 spiro atoms. The molecule has 1 aromatic carbocycles. The molecule has 0 saturated carbocycles. The first kappa shape index (κ1) is 13.5. The molecule has 1 N–H and O–H groups in total. The molecule has 1 unspecified atom stereocenters. The van der Waals surface area contributed by atoms with E-state index in [9.17, 15) is 14.4 Å². The molecule has 2 aliphatic rings. The molecule has 2 fully saturated rings. The van der Waals surface area contributed by atoms with Gasteiger partial charge in [0, 0.05) is 31.1 Å². The van der Waals surface area contributed by atoms with Crippen LogP contribution in [0.25, 0.3) is 0 Å². The molecule has 0 aliphatic carbocycles. The van der Waals surface area contributed by atoms with E-state index in [1.807, 2.05) is 12.1 Å². The molecule has 0 aromatic heterocycles. The Balaban J connectivity index is 1.75. The van der Waals surface area contributed by atoms with Crippen molar-refractivity contribution in [2.45, 2.75) is 31.6 Å². The number of hydrogen-bond donors (Lipinski definition) is 1. The summed E-state index contributed by atoms with van der Waals surface area (Å²) in [4.78, 5) is 36.1. The summed E-state index contributed by atoms with van der Waals surface area (Å²) in [6.07, 6.45) is 3.49. The molecule has 5 heteroatoms. The van der Waals surface area contributed by atoms with Crippen molar-refractivity contribution in [1.29, 1.82) is 0 Å². The van der Waals surface area contributed by atoms with Gasteiger partial charge in [-0.05, 0) is 36.9 Å². The second kappa shape index (κ2) is 6.30. The topological polar surface area (TPSA) is 66.5 Å². The maximum Gasteiger partial charge on any atom is 0.234 e. The third kappa shape index (κ3) is 3.03. The third-order valence-corrected chi connectivity index (χ3v) is 4.53. The fourth-order valence-electron chi connectivity index (χ4n) is 3.13. The molecule has 5 nitrogen and oxygen atoms in total. The van der Waals surface area contributed by atoms with Crippen molar-refractivity contribution in [3.63, 3.8) is 0 Å². The van der Waals surface area contributed by atoms with Gasteiger partial charge in [-0.1, -0.05) is 12.1 Å². The summed E-state index contributed by atoms with van der Waals surface area (Å²) in [5.74, 6) is -0.734. The molecule has 2 heterocycles. The van der Waals surface area contributed by atoms with Gasteiger partial charge in [0.15, 0.2) is 0 Å². The average molecular weight is 301 g/mol. The minimum absolute atomic E-state index is 0.128. The Kier molecular flexibility index (Phi) is 3.86. The van der Waals surface area contributed by atoms with E-state index in [0.29, 0.717) is 18.9 Å². The van der Waals surface area contributed by atoms with Crippen LogP contribution in [0.5, 0.6) is 0 Å². The van der Waals surface area contributed by atoms with E-state index in [4.69, 9.17) is 1.37 Å². The number of hydrogen-bond acceptors (Lipinski definition) is 4. The Morgan fingerprint density at radius 3 is 2.59 bits per heavy atom. The Hall–Kier alpha value is -2.17. The van der Waals surface area contributed by atoms with Crippen molar-refractivity contribution in [2.24, 2.45) is 5.92 Å².